The quantitative estimate of drug-likeness (QED) is 0.810. The van der Waals surface area contributed by atoms with Gasteiger partial charge in [-0.2, -0.15) is 0 Å². The summed E-state index contributed by atoms with van der Waals surface area (Å²) in [5.74, 6) is -0.255. The number of hydrogen-bond donors (Lipinski definition) is 1. The van der Waals surface area contributed by atoms with Crippen LogP contribution in [0.3, 0.4) is 0 Å². The summed E-state index contributed by atoms with van der Waals surface area (Å²) in [5.41, 5.74) is 0. The Kier molecular flexibility index (Phi) is 6.22. The number of nitrogens with zero attached hydrogens (tertiary/aromatic N) is 1. The van der Waals surface area contributed by atoms with Gasteiger partial charge in [0.2, 0.25) is 0 Å². The van der Waals surface area contributed by atoms with Crippen LogP contribution in [-0.2, 0) is 14.3 Å². The van der Waals surface area contributed by atoms with Crippen LogP contribution in [0, 0.1) is 0 Å². The van der Waals surface area contributed by atoms with Gasteiger partial charge in [-0.15, -0.1) is 0 Å². The first kappa shape index (κ1) is 17.1. The Morgan fingerprint density at radius 3 is 2.65 bits per heavy atom. The molecule has 0 bridgehead atoms. The van der Waals surface area contributed by atoms with Crippen LogP contribution in [0.25, 0.3) is 0 Å². The molecule has 0 spiro atoms. The molecule has 0 aliphatic carbocycles. The number of ether oxygens (including phenoxy) is 3. The van der Waals surface area contributed by atoms with E-state index in [9.17, 15) is 9.59 Å². The van der Waals surface area contributed by atoms with E-state index < -0.39 is 5.97 Å². The molecular formula is C16H21NO6. The Morgan fingerprint density at radius 1 is 1.30 bits per heavy atom. The maximum atomic E-state index is 12.4. The normalized spacial score (nSPS) is 15.0. The fourth-order valence-electron chi connectivity index (χ4n) is 2.48. The van der Waals surface area contributed by atoms with Crippen molar-refractivity contribution >= 4 is 11.9 Å². The highest BCUT2D eigenvalue weighted by atomic mass is 16.5. The van der Waals surface area contributed by atoms with E-state index in [-0.39, 0.29) is 25.1 Å². The molecule has 1 heterocycles. The largest absolute Gasteiger partial charge is 0.497 e. The van der Waals surface area contributed by atoms with Gasteiger partial charge in [0, 0.05) is 25.3 Å². The van der Waals surface area contributed by atoms with Gasteiger partial charge in [-0.05, 0) is 25.0 Å². The van der Waals surface area contributed by atoms with E-state index in [2.05, 4.69) is 0 Å². The van der Waals surface area contributed by atoms with Crippen molar-refractivity contribution in [1.29, 1.82) is 0 Å². The SMILES string of the molecule is COc1cccc(OCC(=O)N(CC(=O)O)C2CCOCC2)c1. The van der Waals surface area contributed by atoms with Gasteiger partial charge in [0.05, 0.1) is 7.11 Å². The number of carbonyl (C=O) groups is 2. The van der Waals surface area contributed by atoms with Crippen LogP contribution in [0.2, 0.25) is 0 Å². The van der Waals surface area contributed by atoms with Crippen LogP contribution < -0.4 is 9.47 Å². The third kappa shape index (κ3) is 5.14. The van der Waals surface area contributed by atoms with Crippen LogP contribution in [0.15, 0.2) is 24.3 Å². The van der Waals surface area contributed by atoms with Crippen molar-refractivity contribution in [3.63, 3.8) is 0 Å². The highest BCUT2D eigenvalue weighted by molar-refractivity contribution is 5.82. The van der Waals surface area contributed by atoms with E-state index in [0.717, 1.165) is 0 Å². The van der Waals surface area contributed by atoms with Gasteiger partial charge in [0.15, 0.2) is 6.61 Å². The molecule has 1 saturated heterocycles. The van der Waals surface area contributed by atoms with Gasteiger partial charge in [-0.3, -0.25) is 9.59 Å². The van der Waals surface area contributed by atoms with Gasteiger partial charge >= 0.3 is 5.97 Å². The lowest BCUT2D eigenvalue weighted by atomic mass is 10.1. The molecule has 1 aromatic rings. The minimum Gasteiger partial charge on any atom is -0.497 e. The molecule has 7 heteroatoms. The predicted octanol–water partition coefficient (Wildman–Crippen LogP) is 1.17. The lowest BCUT2D eigenvalue weighted by Gasteiger charge is -2.33. The molecule has 0 aromatic heterocycles. The molecule has 1 fully saturated rings. The van der Waals surface area contributed by atoms with E-state index in [1.165, 1.54) is 4.90 Å². The van der Waals surface area contributed by atoms with Crippen molar-refractivity contribution < 1.29 is 28.9 Å². The second-order valence-corrected chi connectivity index (χ2v) is 5.23. The summed E-state index contributed by atoms with van der Waals surface area (Å²) in [4.78, 5) is 24.8. The first-order valence-electron chi connectivity index (χ1n) is 7.46. The minimum atomic E-state index is -1.04. The Hall–Kier alpha value is -2.28. The van der Waals surface area contributed by atoms with Crippen LogP contribution >= 0.6 is 0 Å². The topological polar surface area (TPSA) is 85.3 Å². The van der Waals surface area contributed by atoms with Gasteiger partial charge in [-0.1, -0.05) is 6.07 Å². The number of carbonyl (C=O) groups excluding carboxylic acids is 1. The fourth-order valence-corrected chi connectivity index (χ4v) is 2.48. The second kappa shape index (κ2) is 8.38. The molecule has 23 heavy (non-hydrogen) atoms. The zero-order valence-corrected chi connectivity index (χ0v) is 13.1. The zero-order chi connectivity index (χ0) is 16.7. The molecule has 0 radical (unpaired) electrons. The number of rotatable bonds is 7. The van der Waals surface area contributed by atoms with Gasteiger partial charge in [0.25, 0.3) is 5.91 Å². The average molecular weight is 323 g/mol. The number of hydrogen-bond acceptors (Lipinski definition) is 5. The van der Waals surface area contributed by atoms with E-state index in [1.807, 2.05) is 0 Å². The highest BCUT2D eigenvalue weighted by Crippen LogP contribution is 2.19. The Balaban J connectivity index is 1.97. The first-order valence-corrected chi connectivity index (χ1v) is 7.46. The predicted molar refractivity (Wildman–Crippen MR) is 81.7 cm³/mol. The fraction of sp³-hybridized carbons (Fsp3) is 0.500. The van der Waals surface area contributed by atoms with Crippen molar-refractivity contribution in [1.82, 2.24) is 4.90 Å². The smallest absolute Gasteiger partial charge is 0.323 e. The van der Waals surface area contributed by atoms with Crippen molar-refractivity contribution in [2.45, 2.75) is 18.9 Å². The molecule has 2 rings (SSSR count). The first-order chi connectivity index (χ1) is 11.1. The molecule has 1 amide bonds. The standard InChI is InChI=1S/C16H21NO6/c1-21-13-3-2-4-14(9-13)23-11-15(18)17(10-16(19)20)12-5-7-22-8-6-12/h2-4,9,12H,5-8,10-11H2,1H3,(H,19,20). The van der Waals surface area contributed by atoms with Gasteiger partial charge in [-0.25, -0.2) is 0 Å². The third-order valence-corrected chi connectivity index (χ3v) is 3.66. The van der Waals surface area contributed by atoms with Crippen molar-refractivity contribution in [2.75, 3.05) is 33.5 Å². The molecule has 1 aliphatic rings. The Labute approximate surface area is 134 Å². The summed E-state index contributed by atoms with van der Waals surface area (Å²) in [5, 5.41) is 9.03. The van der Waals surface area contributed by atoms with E-state index in [1.54, 1.807) is 31.4 Å². The highest BCUT2D eigenvalue weighted by Gasteiger charge is 2.27. The molecule has 0 atom stereocenters. The zero-order valence-electron chi connectivity index (χ0n) is 13.1. The molecule has 0 saturated carbocycles. The van der Waals surface area contributed by atoms with Crippen LogP contribution in [0.1, 0.15) is 12.8 Å². The van der Waals surface area contributed by atoms with Crippen molar-refractivity contribution in [3.05, 3.63) is 24.3 Å². The summed E-state index contributed by atoms with van der Waals surface area (Å²) in [6.45, 7) is 0.526. The van der Waals surface area contributed by atoms with E-state index >= 15 is 0 Å². The lowest BCUT2D eigenvalue weighted by molar-refractivity contribution is -0.148. The number of benzene rings is 1. The average Bonchev–Trinajstić information content (AvgIpc) is 2.58. The molecule has 0 unspecified atom stereocenters. The number of amides is 1. The monoisotopic (exact) mass is 323 g/mol. The number of aliphatic carboxylic acids is 1. The minimum absolute atomic E-state index is 0.124. The summed E-state index contributed by atoms with van der Waals surface area (Å²) < 4.78 is 15.8. The summed E-state index contributed by atoms with van der Waals surface area (Å²) in [6, 6.07) is 6.79. The second-order valence-electron chi connectivity index (χ2n) is 5.23. The van der Waals surface area contributed by atoms with Crippen molar-refractivity contribution in [2.24, 2.45) is 0 Å². The number of methoxy groups -OCH3 is 1. The number of carboxylic acids is 1. The molecular weight excluding hydrogens is 302 g/mol. The summed E-state index contributed by atoms with van der Waals surface area (Å²) in [7, 11) is 1.55. The van der Waals surface area contributed by atoms with Crippen LogP contribution in [-0.4, -0.2) is 61.4 Å². The molecule has 7 nitrogen and oxygen atoms in total. The van der Waals surface area contributed by atoms with Crippen molar-refractivity contribution in [3.8, 4) is 11.5 Å². The third-order valence-electron chi connectivity index (χ3n) is 3.66. The number of carboxylic acid groups (broad SMARTS) is 1. The van der Waals surface area contributed by atoms with Crippen LogP contribution in [0.4, 0.5) is 0 Å². The van der Waals surface area contributed by atoms with Crippen LogP contribution in [0.5, 0.6) is 11.5 Å². The molecule has 126 valence electrons. The van der Waals surface area contributed by atoms with E-state index in [0.29, 0.717) is 37.6 Å². The summed E-state index contributed by atoms with van der Waals surface area (Å²) >= 11 is 0. The molecule has 1 aromatic carbocycles. The summed E-state index contributed by atoms with van der Waals surface area (Å²) in [6.07, 6.45) is 1.27. The van der Waals surface area contributed by atoms with Gasteiger partial charge < -0.3 is 24.2 Å². The molecule has 1 aliphatic heterocycles. The maximum Gasteiger partial charge on any atom is 0.323 e. The van der Waals surface area contributed by atoms with E-state index in [4.69, 9.17) is 19.3 Å². The maximum absolute atomic E-state index is 12.4. The molecule has 1 N–H and O–H groups in total. The Morgan fingerprint density at radius 2 is 2.00 bits per heavy atom. The van der Waals surface area contributed by atoms with Gasteiger partial charge in [0.1, 0.15) is 18.0 Å². The Bertz CT molecular complexity index is 541. The lowest BCUT2D eigenvalue weighted by Crippen LogP contribution is -2.47.